The first-order valence-corrected chi connectivity index (χ1v) is 18.8. The lowest BCUT2D eigenvalue weighted by molar-refractivity contribution is -0.171. The number of carbonyl (C=O) groups excluding carboxylic acids is 3. The second-order valence-electron chi connectivity index (χ2n) is 15.8. The van der Waals surface area contributed by atoms with Gasteiger partial charge in [0, 0.05) is 6.61 Å². The highest BCUT2D eigenvalue weighted by Crippen LogP contribution is 2.43. The molecule has 1 atom stereocenters. The van der Waals surface area contributed by atoms with Gasteiger partial charge < -0.3 is 18.6 Å². The molecule has 8 heteroatoms. The van der Waals surface area contributed by atoms with Crippen molar-refractivity contribution in [2.45, 2.75) is 137 Å². The third kappa shape index (κ3) is 8.93. The number of rotatable bonds is 13. The van der Waals surface area contributed by atoms with Gasteiger partial charge in [-0.1, -0.05) is 59.2 Å². The molecule has 0 saturated carbocycles. The summed E-state index contributed by atoms with van der Waals surface area (Å²) in [7, 11) is -1.88. The van der Waals surface area contributed by atoms with Crippen molar-refractivity contribution in [3.05, 3.63) is 34.9 Å². The van der Waals surface area contributed by atoms with E-state index in [-0.39, 0.29) is 42.5 Å². The van der Waals surface area contributed by atoms with Crippen LogP contribution >= 0.6 is 0 Å². The molecule has 0 heterocycles. The Hall–Kier alpha value is -2.19. The van der Waals surface area contributed by atoms with Gasteiger partial charge in [0.1, 0.15) is 5.60 Å². The maximum absolute atomic E-state index is 13.8. The molecule has 0 amide bonds. The van der Waals surface area contributed by atoms with Crippen molar-refractivity contribution < 1.29 is 33.0 Å². The van der Waals surface area contributed by atoms with Gasteiger partial charge in [0.25, 0.3) is 0 Å². The Bertz CT molecular complexity index is 1140. The quantitative estimate of drug-likeness (QED) is 0.0968. The van der Waals surface area contributed by atoms with E-state index >= 15 is 0 Å². The van der Waals surface area contributed by atoms with E-state index in [1.54, 1.807) is 13.8 Å². The average Bonchev–Trinajstić information content (AvgIpc) is 3.26. The monoisotopic (exact) mass is 618 g/mol. The van der Waals surface area contributed by atoms with Crippen LogP contribution in [0.25, 0.3) is 0 Å². The highest BCUT2D eigenvalue weighted by molar-refractivity contribution is 6.74. The maximum Gasteiger partial charge on any atom is 0.324 e. The molecule has 0 radical (unpaired) electrons. The molecule has 0 fully saturated rings. The molecule has 244 valence electrons. The highest BCUT2D eigenvalue weighted by Gasteiger charge is 2.53. The van der Waals surface area contributed by atoms with Gasteiger partial charge in [-0.25, -0.2) is 0 Å². The molecule has 0 spiro atoms. The van der Waals surface area contributed by atoms with Gasteiger partial charge in [-0.15, -0.1) is 0 Å². The number of fused-ring (bicyclic) bond motifs is 1. The van der Waals surface area contributed by atoms with E-state index in [1.165, 1.54) is 0 Å². The molecule has 0 N–H and O–H groups in total. The van der Waals surface area contributed by atoms with Crippen LogP contribution in [0.2, 0.25) is 18.1 Å². The molecular formula is C35H58O7Si. The van der Waals surface area contributed by atoms with E-state index in [9.17, 15) is 14.4 Å². The number of ether oxygens (including phenoxy) is 3. The molecule has 0 bridgehead atoms. The van der Waals surface area contributed by atoms with Gasteiger partial charge in [-0.3, -0.25) is 14.4 Å². The molecule has 1 aliphatic carbocycles. The summed E-state index contributed by atoms with van der Waals surface area (Å²) in [6.45, 7) is 27.8. The second-order valence-corrected chi connectivity index (χ2v) is 20.6. The summed E-state index contributed by atoms with van der Waals surface area (Å²) in [6, 6.07) is 5.86. The molecule has 0 aliphatic heterocycles. The van der Waals surface area contributed by atoms with Gasteiger partial charge >= 0.3 is 17.9 Å². The third-order valence-corrected chi connectivity index (χ3v) is 13.6. The molecule has 1 unspecified atom stereocenters. The zero-order chi connectivity index (χ0) is 33.1. The van der Waals surface area contributed by atoms with Crippen molar-refractivity contribution in [3.8, 4) is 0 Å². The minimum atomic E-state index is -1.88. The summed E-state index contributed by atoms with van der Waals surface area (Å²) in [6.07, 6.45) is 2.67. The largest absolute Gasteiger partial charge is 0.465 e. The third-order valence-electron chi connectivity index (χ3n) is 9.17. The van der Waals surface area contributed by atoms with E-state index < -0.39 is 36.7 Å². The van der Waals surface area contributed by atoms with E-state index in [1.807, 2.05) is 45.9 Å². The summed E-state index contributed by atoms with van der Waals surface area (Å²) in [4.78, 5) is 40.0. The lowest BCUT2D eigenvalue weighted by Crippen LogP contribution is -2.43. The van der Waals surface area contributed by atoms with Crippen LogP contribution in [-0.4, -0.2) is 51.6 Å². The number of hydrogen-bond donors (Lipinski definition) is 0. The average molecular weight is 619 g/mol. The first-order chi connectivity index (χ1) is 19.5. The van der Waals surface area contributed by atoms with Crippen molar-refractivity contribution in [1.29, 1.82) is 0 Å². The first kappa shape index (κ1) is 37.0. The van der Waals surface area contributed by atoms with Crippen LogP contribution in [0.3, 0.4) is 0 Å². The maximum atomic E-state index is 13.8. The molecule has 1 aromatic rings. The normalized spacial score (nSPS) is 16.7. The van der Waals surface area contributed by atoms with E-state index in [4.69, 9.17) is 18.6 Å². The number of hydrogen-bond acceptors (Lipinski definition) is 7. The van der Waals surface area contributed by atoms with Gasteiger partial charge in [0.05, 0.1) is 18.6 Å². The van der Waals surface area contributed by atoms with Gasteiger partial charge in [-0.2, -0.15) is 0 Å². The Morgan fingerprint density at radius 3 is 1.84 bits per heavy atom. The van der Waals surface area contributed by atoms with Crippen LogP contribution in [0.1, 0.15) is 112 Å². The molecular weight excluding hydrogens is 560 g/mol. The van der Waals surface area contributed by atoms with Gasteiger partial charge in [-0.05, 0) is 107 Å². The standard InChI is InChI=1S/C35H58O7Si/c1-14-39-29(37)35(30(38)40-15-2)22-25-17-18-27(21-26(25)23-35)34(11,28(36)42-31(3,4)5)20-16-19-33(9,10)24-41-43(12,13)32(6,7)8/h17-18,21H,14-16,19-20,22-24H2,1-13H3. The topological polar surface area (TPSA) is 88.1 Å². The van der Waals surface area contributed by atoms with Crippen molar-refractivity contribution in [2.75, 3.05) is 19.8 Å². The molecule has 0 aromatic heterocycles. The fourth-order valence-corrected chi connectivity index (χ4v) is 6.45. The predicted octanol–water partition coefficient (Wildman–Crippen LogP) is 7.72. The molecule has 1 aliphatic rings. The summed E-state index contributed by atoms with van der Waals surface area (Å²) in [5, 5.41) is 0.143. The van der Waals surface area contributed by atoms with E-state index in [0.717, 1.165) is 29.5 Å². The minimum absolute atomic E-state index is 0.0544. The van der Waals surface area contributed by atoms with E-state index in [2.05, 4.69) is 47.7 Å². The fourth-order valence-electron chi connectivity index (χ4n) is 5.27. The lowest BCUT2D eigenvalue weighted by atomic mass is 9.75. The number of esters is 3. The molecule has 0 saturated heterocycles. The van der Waals surface area contributed by atoms with Crippen LogP contribution in [0, 0.1) is 10.8 Å². The smallest absolute Gasteiger partial charge is 0.324 e. The SMILES string of the molecule is CCOC(=O)C1(C(=O)OCC)Cc2ccc(C(C)(CCCC(C)(C)CO[Si](C)(C)C(C)(C)C)C(=O)OC(C)(C)C)cc2C1. The Morgan fingerprint density at radius 1 is 0.814 bits per heavy atom. The molecule has 2 rings (SSSR count). The van der Waals surface area contributed by atoms with Crippen LogP contribution in [0.4, 0.5) is 0 Å². The molecule has 1 aromatic carbocycles. The summed E-state index contributed by atoms with van der Waals surface area (Å²) in [5.74, 6) is -1.41. The number of carbonyl (C=O) groups is 3. The predicted molar refractivity (Wildman–Crippen MR) is 174 cm³/mol. The molecule has 7 nitrogen and oxygen atoms in total. The Morgan fingerprint density at radius 2 is 1.35 bits per heavy atom. The van der Waals surface area contributed by atoms with Crippen molar-refractivity contribution in [3.63, 3.8) is 0 Å². The van der Waals surface area contributed by atoms with Gasteiger partial charge in [0.2, 0.25) is 0 Å². The van der Waals surface area contributed by atoms with Crippen molar-refractivity contribution in [2.24, 2.45) is 10.8 Å². The zero-order valence-corrected chi connectivity index (χ0v) is 30.2. The number of benzene rings is 1. The Balaban J connectivity index is 2.37. The summed E-state index contributed by atoms with van der Waals surface area (Å²) >= 11 is 0. The zero-order valence-electron chi connectivity index (χ0n) is 29.2. The minimum Gasteiger partial charge on any atom is -0.465 e. The first-order valence-electron chi connectivity index (χ1n) is 15.9. The Kier molecular flexibility index (Phi) is 11.6. The van der Waals surface area contributed by atoms with Gasteiger partial charge in [0.15, 0.2) is 13.7 Å². The lowest BCUT2D eigenvalue weighted by Gasteiger charge is -2.39. The van der Waals surface area contributed by atoms with Crippen molar-refractivity contribution >= 4 is 26.2 Å². The second kappa shape index (κ2) is 13.4. The summed E-state index contributed by atoms with van der Waals surface area (Å²) < 4.78 is 23.2. The molecule has 43 heavy (non-hydrogen) atoms. The van der Waals surface area contributed by atoms with Crippen molar-refractivity contribution in [1.82, 2.24) is 0 Å². The van der Waals surface area contributed by atoms with Crippen LogP contribution in [0.5, 0.6) is 0 Å². The Labute approximate surface area is 261 Å². The highest BCUT2D eigenvalue weighted by atomic mass is 28.4. The fraction of sp³-hybridized carbons (Fsp3) is 0.743. The summed E-state index contributed by atoms with van der Waals surface area (Å²) in [5.41, 5.74) is -0.465. The van der Waals surface area contributed by atoms with E-state index in [0.29, 0.717) is 13.0 Å². The van der Waals surface area contributed by atoms with Crippen LogP contribution in [0.15, 0.2) is 18.2 Å². The van der Waals surface area contributed by atoms with Crippen LogP contribution in [-0.2, 0) is 51.3 Å². The van der Waals surface area contributed by atoms with Crippen LogP contribution < -0.4 is 0 Å².